The Morgan fingerprint density at radius 3 is 2.29 bits per heavy atom. The van der Waals surface area contributed by atoms with E-state index in [4.69, 9.17) is 9.16 Å². The fraction of sp³-hybridized carbons (Fsp3) is 0.571. The second-order valence-corrected chi connectivity index (χ2v) is 6.60. The number of hydrogen-bond donors (Lipinski definition) is 0. The van der Waals surface area contributed by atoms with Crippen molar-refractivity contribution in [3.05, 3.63) is 30.3 Å². The van der Waals surface area contributed by atoms with Crippen molar-refractivity contribution in [2.24, 2.45) is 0 Å². The molecule has 1 aromatic rings. The topological polar surface area (TPSA) is 18.5 Å². The summed E-state index contributed by atoms with van der Waals surface area (Å²) in [7, 11) is -0.984. The normalized spacial score (nSPS) is 19.3. The smallest absolute Gasteiger partial charge is 0.208 e. The van der Waals surface area contributed by atoms with Gasteiger partial charge in [-0.1, -0.05) is 36.8 Å². The number of rotatable bonds is 3. The van der Waals surface area contributed by atoms with Crippen molar-refractivity contribution in [3.8, 4) is 0 Å². The molecule has 1 heterocycles. The first-order valence-electron chi connectivity index (χ1n) is 6.62. The van der Waals surface area contributed by atoms with E-state index in [0.717, 1.165) is 19.8 Å². The highest BCUT2D eigenvalue weighted by Gasteiger charge is 2.17. The van der Waals surface area contributed by atoms with Crippen molar-refractivity contribution in [1.29, 1.82) is 0 Å². The molecule has 0 spiro atoms. The Balaban J connectivity index is 0.000000249. The van der Waals surface area contributed by atoms with E-state index in [1.54, 1.807) is 0 Å². The molecule has 1 fully saturated rings. The lowest BCUT2D eigenvalue weighted by molar-refractivity contribution is 0.162. The predicted octanol–water partition coefficient (Wildman–Crippen LogP) is 2.47. The Kier molecular flexibility index (Phi) is 7.97. The van der Waals surface area contributed by atoms with Crippen LogP contribution in [0.2, 0.25) is 6.04 Å². The van der Waals surface area contributed by atoms with Crippen LogP contribution in [0.4, 0.5) is 0 Å². The van der Waals surface area contributed by atoms with Crippen LogP contribution in [0.5, 0.6) is 0 Å². The van der Waals surface area contributed by atoms with Crippen LogP contribution in [0.25, 0.3) is 0 Å². The van der Waals surface area contributed by atoms with E-state index in [9.17, 15) is 0 Å². The zero-order chi connectivity index (χ0) is 12.3. The summed E-state index contributed by atoms with van der Waals surface area (Å²) in [4.78, 5) is 0. The molecule has 17 heavy (non-hydrogen) atoms. The molecule has 96 valence electrons. The fourth-order valence-electron chi connectivity index (χ4n) is 1.88. The Bertz CT molecular complexity index is 269. The van der Waals surface area contributed by atoms with Gasteiger partial charge in [-0.15, -0.1) is 0 Å². The molecule has 1 aromatic carbocycles. The van der Waals surface area contributed by atoms with E-state index in [1.165, 1.54) is 24.1 Å². The Labute approximate surface area is 107 Å². The molecular formula is C14H24O2Si. The van der Waals surface area contributed by atoms with E-state index in [2.05, 4.69) is 30.3 Å². The SMILES string of the molecule is CCOCC.c1ccc([SiH]2CCCCO2)cc1. The van der Waals surface area contributed by atoms with Crippen LogP contribution in [0.15, 0.2) is 30.3 Å². The molecule has 0 radical (unpaired) electrons. The first-order chi connectivity index (χ1) is 8.38. The molecule has 0 amide bonds. The van der Waals surface area contributed by atoms with E-state index in [1.807, 2.05) is 13.8 Å². The molecule has 0 aliphatic carbocycles. The average Bonchev–Trinajstić information content (AvgIpc) is 2.42. The largest absolute Gasteiger partial charge is 0.415 e. The highest BCUT2D eigenvalue weighted by molar-refractivity contribution is 6.67. The van der Waals surface area contributed by atoms with Crippen LogP contribution in [0.3, 0.4) is 0 Å². The standard InChI is InChI=1S/C10H14OSi.C4H10O/c1-2-6-10(7-3-1)12-9-5-4-8-11-12;1-3-5-4-2/h1-3,6-7,12H,4-5,8-9H2;3-4H2,1-2H3. The Morgan fingerprint density at radius 1 is 1.12 bits per heavy atom. The number of benzene rings is 1. The minimum Gasteiger partial charge on any atom is -0.415 e. The van der Waals surface area contributed by atoms with Crippen LogP contribution in [-0.4, -0.2) is 28.9 Å². The zero-order valence-electron chi connectivity index (χ0n) is 11.0. The lowest BCUT2D eigenvalue weighted by Crippen LogP contribution is -2.36. The maximum absolute atomic E-state index is 5.80. The molecule has 1 aliphatic heterocycles. The van der Waals surface area contributed by atoms with E-state index in [-0.39, 0.29) is 0 Å². The molecular weight excluding hydrogens is 228 g/mol. The summed E-state index contributed by atoms with van der Waals surface area (Å²) in [6, 6.07) is 12.0. The van der Waals surface area contributed by atoms with Gasteiger partial charge in [-0.25, -0.2) is 0 Å². The molecule has 2 rings (SSSR count). The average molecular weight is 252 g/mol. The maximum Gasteiger partial charge on any atom is 0.208 e. The van der Waals surface area contributed by atoms with Crippen LogP contribution >= 0.6 is 0 Å². The molecule has 2 nitrogen and oxygen atoms in total. The number of ether oxygens (including phenoxy) is 1. The fourth-order valence-corrected chi connectivity index (χ4v) is 4.33. The summed E-state index contributed by atoms with van der Waals surface area (Å²) >= 11 is 0. The molecule has 1 saturated heterocycles. The summed E-state index contributed by atoms with van der Waals surface area (Å²) in [6.07, 6.45) is 2.63. The molecule has 0 aromatic heterocycles. The summed E-state index contributed by atoms with van der Waals surface area (Å²) < 4.78 is 10.6. The third kappa shape index (κ3) is 6.01. The van der Waals surface area contributed by atoms with Gasteiger partial charge in [0.2, 0.25) is 9.04 Å². The Morgan fingerprint density at radius 2 is 1.82 bits per heavy atom. The summed E-state index contributed by atoms with van der Waals surface area (Å²) in [5.74, 6) is 0. The van der Waals surface area contributed by atoms with Crippen molar-refractivity contribution in [3.63, 3.8) is 0 Å². The second-order valence-electron chi connectivity index (χ2n) is 4.05. The second kappa shape index (κ2) is 9.39. The summed E-state index contributed by atoms with van der Waals surface area (Å²) in [5.41, 5.74) is 0. The van der Waals surface area contributed by atoms with Gasteiger partial charge in [0.1, 0.15) is 0 Å². The van der Waals surface area contributed by atoms with Gasteiger partial charge in [0, 0.05) is 19.8 Å². The van der Waals surface area contributed by atoms with E-state index in [0.29, 0.717) is 0 Å². The molecule has 3 heteroatoms. The van der Waals surface area contributed by atoms with Gasteiger partial charge >= 0.3 is 0 Å². The van der Waals surface area contributed by atoms with E-state index < -0.39 is 9.04 Å². The first kappa shape index (κ1) is 14.4. The molecule has 0 saturated carbocycles. The molecule has 1 atom stereocenters. The van der Waals surface area contributed by atoms with Crippen molar-refractivity contribution < 1.29 is 9.16 Å². The highest BCUT2D eigenvalue weighted by atomic mass is 28.3. The van der Waals surface area contributed by atoms with Gasteiger partial charge in [0.05, 0.1) is 0 Å². The van der Waals surface area contributed by atoms with Crippen LogP contribution < -0.4 is 5.19 Å². The van der Waals surface area contributed by atoms with Gasteiger partial charge in [0.15, 0.2) is 0 Å². The minimum absolute atomic E-state index is 0.844. The first-order valence-corrected chi connectivity index (χ1v) is 8.49. The number of hydrogen-bond acceptors (Lipinski definition) is 2. The minimum atomic E-state index is -0.984. The maximum atomic E-state index is 5.80. The van der Waals surface area contributed by atoms with Gasteiger partial charge in [0.25, 0.3) is 0 Å². The van der Waals surface area contributed by atoms with Gasteiger partial charge < -0.3 is 9.16 Å². The molecule has 0 N–H and O–H groups in total. The van der Waals surface area contributed by atoms with Gasteiger partial charge in [-0.05, 0) is 31.5 Å². The molecule has 1 aliphatic rings. The van der Waals surface area contributed by atoms with Gasteiger partial charge in [-0.2, -0.15) is 0 Å². The zero-order valence-corrected chi connectivity index (χ0v) is 12.2. The van der Waals surface area contributed by atoms with Crippen molar-refractivity contribution in [2.45, 2.75) is 32.7 Å². The van der Waals surface area contributed by atoms with Crippen LogP contribution in [0.1, 0.15) is 26.7 Å². The Hall–Kier alpha value is -0.643. The lowest BCUT2D eigenvalue weighted by atomic mass is 10.3. The van der Waals surface area contributed by atoms with E-state index >= 15 is 0 Å². The monoisotopic (exact) mass is 252 g/mol. The highest BCUT2D eigenvalue weighted by Crippen LogP contribution is 2.10. The summed E-state index contributed by atoms with van der Waals surface area (Å²) in [6.45, 7) is 6.66. The van der Waals surface area contributed by atoms with Crippen molar-refractivity contribution in [2.75, 3.05) is 19.8 Å². The molecule has 1 unspecified atom stereocenters. The third-order valence-electron chi connectivity index (χ3n) is 2.76. The third-order valence-corrected chi connectivity index (χ3v) is 5.46. The van der Waals surface area contributed by atoms with Crippen molar-refractivity contribution in [1.82, 2.24) is 0 Å². The predicted molar refractivity (Wildman–Crippen MR) is 75.4 cm³/mol. The van der Waals surface area contributed by atoms with Crippen molar-refractivity contribution >= 4 is 14.2 Å². The lowest BCUT2D eigenvalue weighted by Gasteiger charge is -2.21. The van der Waals surface area contributed by atoms with Crippen LogP contribution in [0, 0.1) is 0 Å². The quantitative estimate of drug-likeness (QED) is 0.770. The van der Waals surface area contributed by atoms with Crippen LogP contribution in [-0.2, 0) is 9.16 Å². The van der Waals surface area contributed by atoms with Gasteiger partial charge in [-0.3, -0.25) is 0 Å². The summed E-state index contributed by atoms with van der Waals surface area (Å²) in [5, 5.41) is 1.47. The molecule has 0 bridgehead atoms.